The maximum atomic E-state index is 7.57. The van der Waals surface area contributed by atoms with Gasteiger partial charge in [0.1, 0.15) is 0 Å². The number of nitrogens with zero attached hydrogens (tertiary/aromatic N) is 1. The molecular weight excluding hydrogens is 353 g/mol. The summed E-state index contributed by atoms with van der Waals surface area (Å²) in [5.41, 5.74) is 4.02. The van der Waals surface area contributed by atoms with E-state index in [4.69, 9.17) is 5.11 Å². The first-order valence-electron chi connectivity index (χ1n) is 6.29. The van der Waals surface area contributed by atoms with Crippen LogP contribution in [0.2, 0.25) is 0 Å². The van der Waals surface area contributed by atoms with Crippen LogP contribution in [0.25, 0.3) is 5.57 Å². The number of halogens is 2. The Morgan fingerprint density at radius 3 is 2.27 bits per heavy atom. The number of rotatable bonds is 3. The maximum Gasteiger partial charge on any atom is 2.00 e. The third-order valence-corrected chi connectivity index (χ3v) is 2.50. The molecule has 0 heterocycles. The molecule has 1 aliphatic carbocycles. The van der Waals surface area contributed by atoms with Gasteiger partial charge in [-0.15, -0.1) is 66.3 Å². The van der Waals surface area contributed by atoms with Gasteiger partial charge in [-0.2, -0.15) is 0 Å². The summed E-state index contributed by atoms with van der Waals surface area (Å²) in [6.45, 7) is 2.95. The number of hydrogen-bond acceptors (Lipinski definition) is 2. The van der Waals surface area contributed by atoms with Gasteiger partial charge >= 0.3 is 21.7 Å². The fraction of sp³-hybridized carbons (Fsp3) is 0.353. The summed E-state index contributed by atoms with van der Waals surface area (Å²) in [6, 6.07) is 11.4. The molecule has 2 rings (SSSR count). The first-order valence-corrected chi connectivity index (χ1v) is 6.29. The van der Waals surface area contributed by atoms with Crippen molar-refractivity contribution >= 4 is 30.4 Å². The molecule has 1 aliphatic rings. The van der Waals surface area contributed by atoms with E-state index in [1.54, 1.807) is 6.92 Å². The molecule has 1 N–H and O–H groups in total. The SMILES string of the molecule is CCO.CN(C)CC1=CCC(c2[c-]cccc2)=C1.Cl.Cl.[CH3-].[Ti+2]. The molecule has 0 aromatic heterocycles. The van der Waals surface area contributed by atoms with Crippen molar-refractivity contribution in [2.45, 2.75) is 13.3 Å². The van der Waals surface area contributed by atoms with Gasteiger partial charge in [-0.25, -0.2) is 0 Å². The minimum absolute atomic E-state index is 0. The van der Waals surface area contributed by atoms with Crippen molar-refractivity contribution in [3.8, 4) is 0 Å². The Kier molecular flexibility index (Phi) is 23.4. The van der Waals surface area contributed by atoms with E-state index in [2.05, 4.69) is 49.3 Å². The minimum atomic E-state index is 0. The Balaban J connectivity index is -0.000000215. The van der Waals surface area contributed by atoms with Gasteiger partial charge < -0.3 is 17.4 Å². The molecule has 0 amide bonds. The second kappa shape index (κ2) is 17.3. The molecule has 0 unspecified atom stereocenters. The van der Waals surface area contributed by atoms with Gasteiger partial charge in [-0.05, 0) is 33.0 Å². The smallest absolute Gasteiger partial charge is 0.397 e. The van der Waals surface area contributed by atoms with E-state index < -0.39 is 0 Å². The first kappa shape index (κ1) is 29.9. The molecule has 1 aromatic rings. The van der Waals surface area contributed by atoms with Crippen molar-refractivity contribution in [2.24, 2.45) is 0 Å². The van der Waals surface area contributed by atoms with Crippen LogP contribution in [-0.4, -0.2) is 37.3 Å². The Morgan fingerprint density at radius 2 is 1.82 bits per heavy atom. The van der Waals surface area contributed by atoms with E-state index in [0.717, 1.165) is 13.0 Å². The molecule has 0 saturated heterocycles. The monoisotopic (exact) mass is 379 g/mol. The zero-order chi connectivity index (χ0) is 13.4. The third kappa shape index (κ3) is 11.5. The third-order valence-electron chi connectivity index (χ3n) is 2.50. The molecule has 5 heteroatoms. The predicted molar refractivity (Wildman–Crippen MR) is 98.2 cm³/mol. The van der Waals surface area contributed by atoms with Gasteiger partial charge in [0.2, 0.25) is 0 Å². The zero-order valence-electron chi connectivity index (χ0n) is 13.8. The number of hydrogen-bond donors (Lipinski definition) is 1. The summed E-state index contributed by atoms with van der Waals surface area (Å²) in [5.74, 6) is 0. The molecule has 0 saturated carbocycles. The van der Waals surface area contributed by atoms with Crippen LogP contribution < -0.4 is 0 Å². The van der Waals surface area contributed by atoms with Crippen LogP contribution in [0.3, 0.4) is 0 Å². The normalized spacial score (nSPS) is 11.3. The Morgan fingerprint density at radius 1 is 1.23 bits per heavy atom. The van der Waals surface area contributed by atoms with E-state index in [-0.39, 0.29) is 60.6 Å². The standard InChI is InChI=1S/C14H16N.C2H6O.CH3.2ClH.Ti/c1-15(2)11-12-8-9-14(10-12)13-6-4-3-5-7-13;1-2-3;;;;/h3-6,8,10H,9,11H2,1-2H3;3H,2H2,1H3;1H3;2*1H;/q-1;;-1;;;+2. The average molecular weight is 380 g/mol. The largest absolute Gasteiger partial charge is 2.00 e. The number of aliphatic hydroxyl groups is 1. The van der Waals surface area contributed by atoms with Crippen LogP contribution in [-0.2, 0) is 21.7 Å². The van der Waals surface area contributed by atoms with Crippen molar-refractivity contribution in [3.63, 3.8) is 0 Å². The fourth-order valence-electron chi connectivity index (χ4n) is 1.84. The van der Waals surface area contributed by atoms with Gasteiger partial charge in [0, 0.05) is 13.2 Å². The molecule has 2 nitrogen and oxygen atoms in total. The van der Waals surface area contributed by atoms with Crippen molar-refractivity contribution in [1.82, 2.24) is 4.90 Å². The van der Waals surface area contributed by atoms with Gasteiger partial charge in [-0.1, -0.05) is 12.2 Å². The zero-order valence-corrected chi connectivity index (χ0v) is 17.0. The minimum Gasteiger partial charge on any atom is -0.397 e. The van der Waals surface area contributed by atoms with Gasteiger partial charge in [0.05, 0.1) is 0 Å². The molecule has 22 heavy (non-hydrogen) atoms. The summed E-state index contributed by atoms with van der Waals surface area (Å²) < 4.78 is 0. The molecule has 0 spiro atoms. The number of benzene rings is 1. The summed E-state index contributed by atoms with van der Waals surface area (Å²) in [6.07, 6.45) is 5.63. The van der Waals surface area contributed by atoms with E-state index in [0.29, 0.717) is 0 Å². The molecule has 0 fully saturated rings. The number of allylic oxidation sites excluding steroid dienone is 2. The molecule has 0 aliphatic heterocycles. The topological polar surface area (TPSA) is 23.5 Å². The van der Waals surface area contributed by atoms with Crippen LogP contribution >= 0.6 is 24.8 Å². The van der Waals surface area contributed by atoms with Crippen LogP contribution in [0, 0.1) is 13.5 Å². The molecule has 0 atom stereocenters. The summed E-state index contributed by atoms with van der Waals surface area (Å²) in [4.78, 5) is 2.19. The number of likely N-dealkylation sites (N-methyl/N-ethyl adjacent to an activating group) is 1. The quantitative estimate of drug-likeness (QED) is 0.632. The van der Waals surface area contributed by atoms with Gasteiger partial charge in [0.25, 0.3) is 0 Å². The Bertz CT molecular complexity index is 420. The second-order valence-corrected chi connectivity index (χ2v) is 4.48. The van der Waals surface area contributed by atoms with Crippen molar-refractivity contribution in [2.75, 3.05) is 27.2 Å². The molecular formula is C17H27Cl2NOTi. The predicted octanol–water partition coefficient (Wildman–Crippen LogP) is 4.05. The summed E-state index contributed by atoms with van der Waals surface area (Å²) >= 11 is 0. The van der Waals surface area contributed by atoms with E-state index in [9.17, 15) is 0 Å². The van der Waals surface area contributed by atoms with E-state index in [1.807, 2.05) is 12.1 Å². The van der Waals surface area contributed by atoms with Crippen molar-refractivity contribution in [1.29, 1.82) is 0 Å². The summed E-state index contributed by atoms with van der Waals surface area (Å²) in [5, 5.41) is 7.57. The molecule has 124 valence electrons. The number of aliphatic hydroxyl groups excluding tert-OH is 1. The summed E-state index contributed by atoms with van der Waals surface area (Å²) in [7, 11) is 4.20. The Hall–Kier alpha value is -0.0857. The van der Waals surface area contributed by atoms with Crippen LogP contribution in [0.5, 0.6) is 0 Å². The van der Waals surface area contributed by atoms with Crippen LogP contribution in [0.1, 0.15) is 18.9 Å². The van der Waals surface area contributed by atoms with Crippen LogP contribution in [0.15, 0.2) is 42.0 Å². The fourth-order valence-corrected chi connectivity index (χ4v) is 1.84. The van der Waals surface area contributed by atoms with Crippen molar-refractivity contribution in [3.05, 3.63) is 61.0 Å². The maximum absolute atomic E-state index is 7.57. The van der Waals surface area contributed by atoms with Gasteiger partial charge in [-0.3, -0.25) is 0 Å². The van der Waals surface area contributed by atoms with Crippen LogP contribution in [0.4, 0.5) is 0 Å². The van der Waals surface area contributed by atoms with Gasteiger partial charge in [0.15, 0.2) is 0 Å². The molecule has 1 aromatic carbocycles. The molecule has 0 bridgehead atoms. The first-order chi connectivity index (χ1) is 8.67. The molecule has 0 radical (unpaired) electrons. The average Bonchev–Trinajstić information content (AvgIpc) is 2.79. The van der Waals surface area contributed by atoms with E-state index >= 15 is 0 Å². The Labute approximate surface area is 163 Å². The second-order valence-electron chi connectivity index (χ2n) is 4.48. The van der Waals surface area contributed by atoms with Crippen molar-refractivity contribution < 1.29 is 26.8 Å². The van der Waals surface area contributed by atoms with E-state index in [1.165, 1.54) is 16.7 Å².